The second-order valence-corrected chi connectivity index (χ2v) is 5.61. The van der Waals surface area contributed by atoms with Crippen molar-refractivity contribution in [3.05, 3.63) is 35.4 Å². The highest BCUT2D eigenvalue weighted by molar-refractivity contribution is 5.99. The van der Waals surface area contributed by atoms with E-state index in [9.17, 15) is 4.79 Å². The third-order valence-corrected chi connectivity index (χ3v) is 3.98. The lowest BCUT2D eigenvalue weighted by Gasteiger charge is -2.26. The summed E-state index contributed by atoms with van der Waals surface area (Å²) >= 11 is 0. The molecule has 1 heteroatoms. The van der Waals surface area contributed by atoms with Crippen LogP contribution in [0.4, 0.5) is 0 Å². The molecular weight excluding hydrogens is 196 g/mol. The summed E-state index contributed by atoms with van der Waals surface area (Å²) in [5, 5.41) is 0. The first-order valence-corrected chi connectivity index (χ1v) is 6.12. The Hall–Kier alpha value is -1.11. The molecule has 86 valence electrons. The Bertz CT molecular complexity index is 404. The third-order valence-electron chi connectivity index (χ3n) is 3.98. The second kappa shape index (κ2) is 4.04. The van der Waals surface area contributed by atoms with Crippen molar-refractivity contribution < 1.29 is 4.79 Å². The normalized spacial score (nSPS) is 23.3. The van der Waals surface area contributed by atoms with Crippen molar-refractivity contribution in [2.24, 2.45) is 11.3 Å². The number of benzene rings is 1. The maximum atomic E-state index is 12.5. The van der Waals surface area contributed by atoms with Crippen molar-refractivity contribution in [1.82, 2.24) is 0 Å². The van der Waals surface area contributed by atoms with E-state index in [1.54, 1.807) is 0 Å². The zero-order chi connectivity index (χ0) is 11.8. The van der Waals surface area contributed by atoms with E-state index in [1.807, 2.05) is 31.2 Å². The zero-order valence-electron chi connectivity index (χ0n) is 10.4. The van der Waals surface area contributed by atoms with Crippen LogP contribution in [0, 0.1) is 18.3 Å². The molecule has 1 unspecified atom stereocenters. The molecule has 1 atom stereocenters. The van der Waals surface area contributed by atoms with E-state index in [1.165, 1.54) is 12.8 Å². The summed E-state index contributed by atoms with van der Waals surface area (Å²) in [4.78, 5) is 12.5. The van der Waals surface area contributed by atoms with Crippen LogP contribution in [0.5, 0.6) is 0 Å². The predicted octanol–water partition coefficient (Wildman–Crippen LogP) is 4.00. The highest BCUT2D eigenvalue weighted by Crippen LogP contribution is 2.44. The lowest BCUT2D eigenvalue weighted by atomic mass is 9.77. The number of ketones is 1. The Morgan fingerprint density at radius 2 is 2.00 bits per heavy atom. The lowest BCUT2D eigenvalue weighted by molar-refractivity contribution is 0.0838. The maximum Gasteiger partial charge on any atom is 0.166 e. The Kier molecular flexibility index (Phi) is 2.88. The van der Waals surface area contributed by atoms with E-state index in [2.05, 4.69) is 13.8 Å². The van der Waals surface area contributed by atoms with Crippen LogP contribution >= 0.6 is 0 Å². The molecule has 0 spiro atoms. The van der Waals surface area contributed by atoms with Crippen LogP contribution in [-0.2, 0) is 0 Å². The molecule has 0 heterocycles. The van der Waals surface area contributed by atoms with Gasteiger partial charge < -0.3 is 0 Å². The van der Waals surface area contributed by atoms with E-state index in [4.69, 9.17) is 0 Å². The fourth-order valence-electron chi connectivity index (χ4n) is 2.85. The fourth-order valence-corrected chi connectivity index (χ4v) is 2.85. The van der Waals surface area contributed by atoms with Gasteiger partial charge in [0.1, 0.15) is 0 Å². The SMILES string of the molecule is Cc1ccccc1C(=O)C1CCCC1(C)C. The molecule has 0 bridgehead atoms. The molecular formula is C15H20O. The number of hydrogen-bond donors (Lipinski definition) is 0. The molecule has 1 aliphatic rings. The summed E-state index contributed by atoms with van der Waals surface area (Å²) in [6.45, 7) is 6.47. The van der Waals surface area contributed by atoms with Gasteiger partial charge in [-0.25, -0.2) is 0 Å². The standard InChI is InChI=1S/C15H20O/c1-11-7-4-5-8-12(11)14(16)13-9-6-10-15(13,2)3/h4-5,7-8,13H,6,9-10H2,1-3H3. The van der Waals surface area contributed by atoms with Crippen molar-refractivity contribution in [3.63, 3.8) is 0 Å². The summed E-state index contributed by atoms with van der Waals surface area (Å²) in [6.07, 6.45) is 3.42. The van der Waals surface area contributed by atoms with Crippen molar-refractivity contribution in [2.75, 3.05) is 0 Å². The van der Waals surface area contributed by atoms with E-state index in [-0.39, 0.29) is 11.3 Å². The molecule has 0 saturated heterocycles. The second-order valence-electron chi connectivity index (χ2n) is 5.61. The van der Waals surface area contributed by atoms with Crippen LogP contribution in [0.25, 0.3) is 0 Å². The van der Waals surface area contributed by atoms with Crippen LogP contribution in [0.1, 0.15) is 49.0 Å². The Labute approximate surface area is 97.9 Å². The summed E-state index contributed by atoms with van der Waals surface area (Å²) in [6, 6.07) is 7.94. The van der Waals surface area contributed by atoms with Crippen molar-refractivity contribution in [2.45, 2.75) is 40.0 Å². The molecule has 0 amide bonds. The minimum Gasteiger partial charge on any atom is -0.294 e. The topological polar surface area (TPSA) is 17.1 Å². The quantitative estimate of drug-likeness (QED) is 0.683. The Morgan fingerprint density at radius 3 is 2.56 bits per heavy atom. The molecule has 1 aromatic rings. The lowest BCUT2D eigenvalue weighted by Crippen LogP contribution is -2.26. The van der Waals surface area contributed by atoms with Gasteiger partial charge in [-0.05, 0) is 30.7 Å². The van der Waals surface area contributed by atoms with E-state index >= 15 is 0 Å². The molecule has 1 aliphatic carbocycles. The zero-order valence-corrected chi connectivity index (χ0v) is 10.4. The number of hydrogen-bond acceptors (Lipinski definition) is 1. The highest BCUT2D eigenvalue weighted by atomic mass is 16.1. The van der Waals surface area contributed by atoms with Crippen molar-refractivity contribution in [1.29, 1.82) is 0 Å². The summed E-state index contributed by atoms with van der Waals surface area (Å²) < 4.78 is 0. The Balaban J connectivity index is 2.30. The fraction of sp³-hybridized carbons (Fsp3) is 0.533. The van der Waals surface area contributed by atoms with Crippen LogP contribution in [0.2, 0.25) is 0 Å². The average Bonchev–Trinajstić information content (AvgIpc) is 2.58. The third kappa shape index (κ3) is 1.91. The van der Waals surface area contributed by atoms with Gasteiger partial charge in [-0.2, -0.15) is 0 Å². The molecule has 0 radical (unpaired) electrons. The van der Waals surface area contributed by atoms with Crippen LogP contribution < -0.4 is 0 Å². The number of Topliss-reactive ketones (excluding diaryl/α,β-unsaturated/α-hetero) is 1. The van der Waals surface area contributed by atoms with E-state index < -0.39 is 0 Å². The van der Waals surface area contributed by atoms with Gasteiger partial charge in [0.2, 0.25) is 0 Å². The molecule has 0 N–H and O–H groups in total. The molecule has 0 aromatic heterocycles. The molecule has 1 aromatic carbocycles. The number of aryl methyl sites for hydroxylation is 1. The van der Waals surface area contributed by atoms with Crippen molar-refractivity contribution >= 4 is 5.78 Å². The van der Waals surface area contributed by atoms with Gasteiger partial charge in [-0.3, -0.25) is 4.79 Å². The van der Waals surface area contributed by atoms with Gasteiger partial charge in [0.15, 0.2) is 5.78 Å². The summed E-state index contributed by atoms with van der Waals surface area (Å²) in [7, 11) is 0. The monoisotopic (exact) mass is 216 g/mol. The molecule has 1 fully saturated rings. The minimum atomic E-state index is 0.180. The summed E-state index contributed by atoms with van der Waals surface area (Å²) in [5.41, 5.74) is 2.21. The first-order chi connectivity index (χ1) is 7.52. The van der Waals surface area contributed by atoms with Crippen LogP contribution in [0.15, 0.2) is 24.3 Å². The average molecular weight is 216 g/mol. The maximum absolute atomic E-state index is 12.5. The van der Waals surface area contributed by atoms with Gasteiger partial charge in [-0.15, -0.1) is 0 Å². The van der Waals surface area contributed by atoms with Crippen LogP contribution in [0.3, 0.4) is 0 Å². The number of carbonyl (C=O) groups is 1. The summed E-state index contributed by atoms with van der Waals surface area (Å²) in [5.74, 6) is 0.564. The van der Waals surface area contributed by atoms with Gasteiger partial charge in [-0.1, -0.05) is 44.5 Å². The molecule has 16 heavy (non-hydrogen) atoms. The first kappa shape index (κ1) is 11.4. The molecule has 1 saturated carbocycles. The van der Waals surface area contributed by atoms with E-state index in [0.29, 0.717) is 5.78 Å². The van der Waals surface area contributed by atoms with Gasteiger partial charge in [0, 0.05) is 11.5 Å². The van der Waals surface area contributed by atoms with Crippen molar-refractivity contribution in [3.8, 4) is 0 Å². The van der Waals surface area contributed by atoms with E-state index in [0.717, 1.165) is 17.5 Å². The Morgan fingerprint density at radius 1 is 1.31 bits per heavy atom. The number of rotatable bonds is 2. The number of carbonyl (C=O) groups excluding carboxylic acids is 1. The predicted molar refractivity (Wildman–Crippen MR) is 66.6 cm³/mol. The van der Waals surface area contributed by atoms with Gasteiger partial charge in [0.05, 0.1) is 0 Å². The minimum absolute atomic E-state index is 0.180. The first-order valence-electron chi connectivity index (χ1n) is 6.12. The smallest absolute Gasteiger partial charge is 0.166 e. The molecule has 0 aliphatic heterocycles. The molecule has 2 rings (SSSR count). The largest absolute Gasteiger partial charge is 0.294 e. The highest BCUT2D eigenvalue weighted by Gasteiger charge is 2.39. The van der Waals surface area contributed by atoms with Crippen LogP contribution in [-0.4, -0.2) is 5.78 Å². The van der Waals surface area contributed by atoms with Gasteiger partial charge >= 0.3 is 0 Å². The van der Waals surface area contributed by atoms with Gasteiger partial charge in [0.25, 0.3) is 0 Å². The molecule has 1 nitrogen and oxygen atoms in total.